The molecule has 0 radical (unpaired) electrons. The third-order valence-electron chi connectivity index (χ3n) is 1.75. The normalized spacial score (nSPS) is 11.2. The van der Waals surface area contributed by atoms with Gasteiger partial charge >= 0.3 is 6.09 Å². The van der Waals surface area contributed by atoms with Crippen molar-refractivity contribution in [3.8, 4) is 0 Å². The molecule has 0 aliphatic heterocycles. The number of aryl methyl sites for hydroxylation is 1. The molecule has 0 aromatic carbocycles. The van der Waals surface area contributed by atoms with Gasteiger partial charge in [0.25, 0.3) is 0 Å². The van der Waals surface area contributed by atoms with Crippen LogP contribution in [0.2, 0.25) is 0 Å². The molecule has 0 atom stereocenters. The summed E-state index contributed by atoms with van der Waals surface area (Å²) in [7, 11) is 0. The zero-order valence-corrected chi connectivity index (χ0v) is 9.57. The van der Waals surface area contributed by atoms with Gasteiger partial charge in [0.1, 0.15) is 11.4 Å². The SMILES string of the molecule is C=Cc1cnc(C)n1C(=O)OC(C)(C)C. The van der Waals surface area contributed by atoms with E-state index in [4.69, 9.17) is 4.74 Å². The lowest BCUT2D eigenvalue weighted by atomic mass is 10.2. The zero-order chi connectivity index (χ0) is 11.6. The molecule has 0 fully saturated rings. The van der Waals surface area contributed by atoms with Gasteiger partial charge in [0.05, 0.1) is 11.9 Å². The molecule has 0 bridgehead atoms. The molecule has 0 aliphatic carbocycles. The Hall–Kier alpha value is -1.58. The van der Waals surface area contributed by atoms with Crippen molar-refractivity contribution in [2.45, 2.75) is 33.3 Å². The topological polar surface area (TPSA) is 44.1 Å². The Kier molecular flexibility index (Phi) is 2.98. The summed E-state index contributed by atoms with van der Waals surface area (Å²) < 4.78 is 6.64. The molecule has 0 amide bonds. The minimum absolute atomic E-state index is 0.424. The highest BCUT2D eigenvalue weighted by Gasteiger charge is 2.20. The van der Waals surface area contributed by atoms with Crippen molar-refractivity contribution in [3.63, 3.8) is 0 Å². The van der Waals surface area contributed by atoms with Crippen molar-refractivity contribution in [2.75, 3.05) is 0 Å². The van der Waals surface area contributed by atoms with Crippen LogP contribution < -0.4 is 0 Å². The van der Waals surface area contributed by atoms with Gasteiger partial charge in [-0.15, -0.1) is 0 Å². The summed E-state index contributed by atoms with van der Waals surface area (Å²) >= 11 is 0. The van der Waals surface area contributed by atoms with Crippen LogP contribution in [0.4, 0.5) is 4.79 Å². The Morgan fingerprint density at radius 3 is 2.67 bits per heavy atom. The number of ether oxygens (including phenoxy) is 1. The summed E-state index contributed by atoms with van der Waals surface area (Å²) in [6.45, 7) is 10.8. The number of rotatable bonds is 1. The number of imidazole rings is 1. The lowest BCUT2D eigenvalue weighted by molar-refractivity contribution is 0.0532. The van der Waals surface area contributed by atoms with Crippen LogP contribution in [0.15, 0.2) is 12.8 Å². The molecule has 15 heavy (non-hydrogen) atoms. The first-order valence-electron chi connectivity index (χ1n) is 4.75. The van der Waals surface area contributed by atoms with Gasteiger partial charge in [0.15, 0.2) is 0 Å². The summed E-state index contributed by atoms with van der Waals surface area (Å²) in [6, 6.07) is 0. The first-order chi connectivity index (χ1) is 6.85. The molecule has 1 aromatic rings. The van der Waals surface area contributed by atoms with Crippen molar-refractivity contribution in [1.29, 1.82) is 0 Å². The van der Waals surface area contributed by atoms with E-state index in [1.54, 1.807) is 19.2 Å². The Labute approximate surface area is 89.6 Å². The predicted molar refractivity (Wildman–Crippen MR) is 58.7 cm³/mol. The molecule has 82 valence electrons. The lowest BCUT2D eigenvalue weighted by Crippen LogP contribution is -2.28. The molecule has 1 rings (SSSR count). The van der Waals surface area contributed by atoms with Gasteiger partial charge in [-0.05, 0) is 33.8 Å². The molecule has 0 aliphatic rings. The Morgan fingerprint density at radius 1 is 1.60 bits per heavy atom. The molecule has 1 heterocycles. The van der Waals surface area contributed by atoms with Crippen LogP contribution in [0.3, 0.4) is 0 Å². The number of hydrogen-bond acceptors (Lipinski definition) is 3. The summed E-state index contributed by atoms with van der Waals surface area (Å²) in [4.78, 5) is 15.8. The maximum absolute atomic E-state index is 11.8. The van der Waals surface area contributed by atoms with E-state index >= 15 is 0 Å². The summed E-state index contributed by atoms with van der Waals surface area (Å²) in [5, 5.41) is 0. The average Bonchev–Trinajstić information content (AvgIpc) is 2.43. The second kappa shape index (κ2) is 3.88. The number of hydrogen-bond donors (Lipinski definition) is 0. The van der Waals surface area contributed by atoms with E-state index in [2.05, 4.69) is 11.6 Å². The second-order valence-electron chi connectivity index (χ2n) is 4.25. The van der Waals surface area contributed by atoms with Crippen LogP contribution in [0.25, 0.3) is 6.08 Å². The van der Waals surface area contributed by atoms with E-state index in [1.165, 1.54) is 4.57 Å². The summed E-state index contributed by atoms with van der Waals surface area (Å²) in [5.74, 6) is 0.596. The first-order valence-corrected chi connectivity index (χ1v) is 4.75. The fraction of sp³-hybridized carbons (Fsp3) is 0.455. The van der Waals surface area contributed by atoms with Crippen molar-refractivity contribution in [3.05, 3.63) is 24.3 Å². The molecule has 0 N–H and O–H groups in total. The first kappa shape index (κ1) is 11.5. The number of nitrogens with zero attached hydrogens (tertiary/aromatic N) is 2. The molecule has 0 saturated carbocycles. The van der Waals surface area contributed by atoms with Crippen LogP contribution in [-0.2, 0) is 4.74 Å². The highest BCUT2D eigenvalue weighted by atomic mass is 16.6. The Bertz CT molecular complexity index is 386. The molecule has 0 saturated heterocycles. The Morgan fingerprint density at radius 2 is 2.20 bits per heavy atom. The number of carbonyl (C=O) groups excluding carboxylic acids is 1. The highest BCUT2D eigenvalue weighted by Crippen LogP contribution is 2.12. The number of aromatic nitrogens is 2. The molecular formula is C11H16N2O2. The quantitative estimate of drug-likeness (QED) is 0.712. The van der Waals surface area contributed by atoms with E-state index in [0.717, 1.165) is 0 Å². The standard InChI is InChI=1S/C11H16N2O2/c1-6-9-7-12-8(2)13(9)10(14)15-11(3,4)5/h6-7H,1H2,2-5H3. The third-order valence-corrected chi connectivity index (χ3v) is 1.75. The maximum atomic E-state index is 11.8. The lowest BCUT2D eigenvalue weighted by Gasteiger charge is -2.20. The van der Waals surface area contributed by atoms with Gasteiger partial charge in [-0.3, -0.25) is 0 Å². The molecule has 0 unspecified atom stereocenters. The Balaban J connectivity index is 3.00. The molecule has 4 nitrogen and oxygen atoms in total. The van der Waals surface area contributed by atoms with E-state index in [0.29, 0.717) is 11.5 Å². The van der Waals surface area contributed by atoms with Crippen molar-refractivity contribution < 1.29 is 9.53 Å². The molecule has 4 heteroatoms. The minimum Gasteiger partial charge on any atom is -0.443 e. The van der Waals surface area contributed by atoms with Crippen molar-refractivity contribution >= 4 is 12.2 Å². The van der Waals surface area contributed by atoms with Crippen molar-refractivity contribution in [1.82, 2.24) is 9.55 Å². The van der Waals surface area contributed by atoms with Gasteiger partial charge in [-0.1, -0.05) is 6.58 Å². The smallest absolute Gasteiger partial charge is 0.420 e. The van der Waals surface area contributed by atoms with Gasteiger partial charge in [-0.2, -0.15) is 0 Å². The average molecular weight is 208 g/mol. The summed E-state index contributed by atoms with van der Waals surface area (Å²) in [5.41, 5.74) is 0.133. The fourth-order valence-electron chi connectivity index (χ4n) is 1.15. The zero-order valence-electron chi connectivity index (χ0n) is 9.57. The summed E-state index contributed by atoms with van der Waals surface area (Å²) in [6.07, 6.45) is 2.74. The van der Waals surface area contributed by atoms with E-state index in [1.807, 2.05) is 20.8 Å². The van der Waals surface area contributed by atoms with Crippen LogP contribution >= 0.6 is 0 Å². The van der Waals surface area contributed by atoms with E-state index in [-0.39, 0.29) is 0 Å². The monoisotopic (exact) mass is 208 g/mol. The van der Waals surface area contributed by atoms with Crippen molar-refractivity contribution in [2.24, 2.45) is 0 Å². The second-order valence-corrected chi connectivity index (χ2v) is 4.25. The van der Waals surface area contributed by atoms with Gasteiger partial charge in [0, 0.05) is 0 Å². The largest absolute Gasteiger partial charge is 0.443 e. The molecule has 0 spiro atoms. The van der Waals surface area contributed by atoms with Gasteiger partial charge < -0.3 is 4.74 Å². The van der Waals surface area contributed by atoms with Crippen LogP contribution in [-0.4, -0.2) is 21.2 Å². The maximum Gasteiger partial charge on any atom is 0.420 e. The van der Waals surface area contributed by atoms with Gasteiger partial charge in [0.2, 0.25) is 0 Å². The minimum atomic E-state index is -0.508. The highest BCUT2D eigenvalue weighted by molar-refractivity contribution is 5.74. The fourth-order valence-corrected chi connectivity index (χ4v) is 1.15. The molecular weight excluding hydrogens is 192 g/mol. The molecule has 1 aromatic heterocycles. The predicted octanol–water partition coefficient (Wildman–Crippen LogP) is 2.62. The van der Waals surface area contributed by atoms with Crippen LogP contribution in [0, 0.1) is 6.92 Å². The third kappa shape index (κ3) is 2.68. The van der Waals surface area contributed by atoms with E-state index < -0.39 is 11.7 Å². The number of carbonyl (C=O) groups is 1. The van der Waals surface area contributed by atoms with Crippen LogP contribution in [0.5, 0.6) is 0 Å². The van der Waals surface area contributed by atoms with E-state index in [9.17, 15) is 4.79 Å². The van der Waals surface area contributed by atoms with Crippen LogP contribution in [0.1, 0.15) is 32.3 Å². The van der Waals surface area contributed by atoms with Gasteiger partial charge in [-0.25, -0.2) is 14.3 Å².